The van der Waals surface area contributed by atoms with Gasteiger partial charge in [-0.15, -0.1) is 11.8 Å². The Morgan fingerprint density at radius 3 is 2.74 bits per heavy atom. The largest absolute Gasteiger partial charge is 0.396 e. The van der Waals surface area contributed by atoms with Crippen molar-refractivity contribution < 1.29 is 9.90 Å². The highest BCUT2D eigenvalue weighted by Crippen LogP contribution is 2.33. The maximum atomic E-state index is 12.4. The predicted octanol–water partition coefficient (Wildman–Crippen LogP) is 2.00. The molecule has 0 aromatic heterocycles. The molecule has 0 radical (unpaired) electrons. The van der Waals surface area contributed by atoms with Gasteiger partial charge in [0.25, 0.3) is 0 Å². The molecule has 0 unspecified atom stereocenters. The minimum absolute atomic E-state index is 0.0183. The van der Waals surface area contributed by atoms with Crippen LogP contribution in [-0.2, 0) is 4.79 Å². The Bertz CT molecular complexity index is 359. The second-order valence-electron chi connectivity index (χ2n) is 5.25. The van der Waals surface area contributed by atoms with Crippen LogP contribution in [0.25, 0.3) is 10.4 Å². The lowest BCUT2D eigenvalue weighted by Crippen LogP contribution is -2.41. The van der Waals surface area contributed by atoms with E-state index in [9.17, 15) is 4.79 Å². The van der Waals surface area contributed by atoms with Crippen LogP contribution in [-0.4, -0.2) is 46.7 Å². The lowest BCUT2D eigenvalue weighted by Gasteiger charge is -2.32. The first-order valence-corrected chi connectivity index (χ1v) is 7.93. The highest BCUT2D eigenvalue weighted by Gasteiger charge is 2.34. The number of carbonyl (C=O) groups is 1. The topological polar surface area (TPSA) is 89.3 Å². The van der Waals surface area contributed by atoms with Crippen LogP contribution in [0.15, 0.2) is 5.11 Å². The number of hydrogen-bond acceptors (Lipinski definition) is 4. The molecule has 0 bridgehead atoms. The molecule has 1 aliphatic heterocycles. The highest BCUT2D eigenvalue weighted by molar-refractivity contribution is 7.99. The molecular weight excluding hydrogens is 264 g/mol. The van der Waals surface area contributed by atoms with Crippen molar-refractivity contribution in [1.29, 1.82) is 0 Å². The highest BCUT2D eigenvalue weighted by atomic mass is 32.2. The summed E-state index contributed by atoms with van der Waals surface area (Å²) in [4.78, 5) is 17.0. The molecule has 2 rings (SSSR count). The minimum atomic E-state index is -0.552. The average molecular weight is 284 g/mol. The van der Waals surface area contributed by atoms with Gasteiger partial charge in [0.05, 0.1) is 5.88 Å². The molecule has 0 aromatic carbocycles. The van der Waals surface area contributed by atoms with Gasteiger partial charge in [-0.3, -0.25) is 4.79 Å². The summed E-state index contributed by atoms with van der Waals surface area (Å²) in [7, 11) is 0. The summed E-state index contributed by atoms with van der Waals surface area (Å²) in [6, 6.07) is -0.552. The standard InChI is InChI=1S/C12H20N4O2S/c13-15-14-11(12(18)16-5-6-19-8-16)10-3-1-9(7-17)2-4-10/h9-11,17H,1-8H2/t9?,10?,11-/m0/s1. The molecular formula is C12H20N4O2S. The van der Waals surface area contributed by atoms with Crippen LogP contribution in [0.1, 0.15) is 25.7 Å². The fourth-order valence-corrected chi connectivity index (χ4v) is 3.82. The van der Waals surface area contributed by atoms with E-state index in [1.165, 1.54) is 0 Å². The van der Waals surface area contributed by atoms with E-state index in [1.807, 2.05) is 0 Å². The van der Waals surface area contributed by atoms with E-state index < -0.39 is 6.04 Å². The second-order valence-corrected chi connectivity index (χ2v) is 6.33. The van der Waals surface area contributed by atoms with Crippen LogP contribution in [0.5, 0.6) is 0 Å². The maximum Gasteiger partial charge on any atom is 0.232 e. The third kappa shape index (κ3) is 3.55. The van der Waals surface area contributed by atoms with E-state index in [1.54, 1.807) is 16.7 Å². The first-order chi connectivity index (χ1) is 9.26. The van der Waals surface area contributed by atoms with Crippen LogP contribution in [0.4, 0.5) is 0 Å². The van der Waals surface area contributed by atoms with Crippen molar-refractivity contribution in [2.24, 2.45) is 17.0 Å². The molecule has 1 N–H and O–H groups in total. The van der Waals surface area contributed by atoms with E-state index in [0.29, 0.717) is 11.8 Å². The van der Waals surface area contributed by atoms with Crippen LogP contribution in [0.2, 0.25) is 0 Å². The SMILES string of the molecule is [N-]=[N+]=N[C@H](C(=O)N1CCSC1)C1CCC(CO)CC1. The Hall–Kier alpha value is -0.910. The molecule has 2 fully saturated rings. The third-order valence-corrected chi connectivity index (χ3v) is 5.06. The molecule has 1 atom stereocenters. The smallest absolute Gasteiger partial charge is 0.232 e. The predicted molar refractivity (Wildman–Crippen MR) is 74.5 cm³/mol. The third-order valence-electron chi connectivity index (χ3n) is 4.09. The maximum absolute atomic E-state index is 12.4. The summed E-state index contributed by atoms with van der Waals surface area (Å²) in [5.74, 6) is 2.14. The monoisotopic (exact) mass is 284 g/mol. The Kier molecular flexibility index (Phi) is 5.36. The molecule has 19 heavy (non-hydrogen) atoms. The Balaban J connectivity index is 1.99. The molecule has 106 valence electrons. The van der Waals surface area contributed by atoms with Crippen molar-refractivity contribution in [3.63, 3.8) is 0 Å². The molecule has 0 aromatic rings. The van der Waals surface area contributed by atoms with E-state index in [2.05, 4.69) is 10.0 Å². The van der Waals surface area contributed by atoms with Gasteiger partial charge in [0.1, 0.15) is 6.04 Å². The summed E-state index contributed by atoms with van der Waals surface area (Å²) in [6.07, 6.45) is 3.56. The van der Waals surface area contributed by atoms with Gasteiger partial charge in [0.2, 0.25) is 5.91 Å². The zero-order valence-electron chi connectivity index (χ0n) is 10.9. The van der Waals surface area contributed by atoms with Crippen LogP contribution in [0, 0.1) is 11.8 Å². The van der Waals surface area contributed by atoms with Crippen molar-refractivity contribution in [3.05, 3.63) is 10.4 Å². The summed E-state index contributed by atoms with van der Waals surface area (Å²) >= 11 is 1.73. The number of azide groups is 1. The van der Waals surface area contributed by atoms with Crippen molar-refractivity contribution in [2.45, 2.75) is 31.7 Å². The number of thioether (sulfide) groups is 1. The van der Waals surface area contributed by atoms with Gasteiger partial charge in [-0.05, 0) is 43.1 Å². The molecule has 7 heteroatoms. The number of carbonyl (C=O) groups excluding carboxylic acids is 1. The summed E-state index contributed by atoms with van der Waals surface area (Å²) in [5, 5.41) is 12.9. The molecule has 1 amide bonds. The molecule has 2 aliphatic rings. The van der Waals surface area contributed by atoms with Crippen LogP contribution in [0.3, 0.4) is 0 Å². The lowest BCUT2D eigenvalue weighted by molar-refractivity contribution is -0.132. The van der Waals surface area contributed by atoms with Gasteiger partial charge < -0.3 is 10.0 Å². The zero-order chi connectivity index (χ0) is 13.7. The number of rotatable bonds is 4. The summed E-state index contributed by atoms with van der Waals surface area (Å²) in [6.45, 7) is 0.975. The first-order valence-electron chi connectivity index (χ1n) is 6.78. The zero-order valence-corrected chi connectivity index (χ0v) is 11.8. The molecule has 1 aliphatic carbocycles. The normalized spacial score (nSPS) is 28.8. The Morgan fingerprint density at radius 2 is 2.21 bits per heavy atom. The molecule has 0 spiro atoms. The van der Waals surface area contributed by atoms with Crippen LogP contribution < -0.4 is 0 Å². The van der Waals surface area contributed by atoms with Crippen LogP contribution >= 0.6 is 11.8 Å². The van der Waals surface area contributed by atoms with E-state index in [0.717, 1.165) is 38.0 Å². The molecule has 1 saturated heterocycles. The van der Waals surface area contributed by atoms with Gasteiger partial charge in [0, 0.05) is 23.8 Å². The van der Waals surface area contributed by atoms with Crippen molar-refractivity contribution >= 4 is 17.7 Å². The van der Waals surface area contributed by atoms with E-state index in [-0.39, 0.29) is 18.4 Å². The average Bonchev–Trinajstić information content (AvgIpc) is 2.98. The summed E-state index contributed by atoms with van der Waals surface area (Å²) < 4.78 is 0. The summed E-state index contributed by atoms with van der Waals surface area (Å²) in [5.41, 5.74) is 8.70. The second kappa shape index (κ2) is 7.03. The van der Waals surface area contributed by atoms with Gasteiger partial charge in [-0.25, -0.2) is 0 Å². The first kappa shape index (κ1) is 14.5. The van der Waals surface area contributed by atoms with Gasteiger partial charge in [0.15, 0.2) is 0 Å². The number of hydrogen-bond donors (Lipinski definition) is 1. The van der Waals surface area contributed by atoms with Crippen molar-refractivity contribution in [1.82, 2.24) is 4.90 Å². The minimum Gasteiger partial charge on any atom is -0.396 e. The van der Waals surface area contributed by atoms with Crippen molar-refractivity contribution in [3.8, 4) is 0 Å². The van der Waals surface area contributed by atoms with Crippen molar-refractivity contribution in [2.75, 3.05) is 24.8 Å². The Morgan fingerprint density at radius 1 is 1.47 bits per heavy atom. The van der Waals surface area contributed by atoms with Gasteiger partial charge >= 0.3 is 0 Å². The van der Waals surface area contributed by atoms with E-state index >= 15 is 0 Å². The number of amides is 1. The lowest BCUT2D eigenvalue weighted by atomic mass is 9.78. The van der Waals surface area contributed by atoms with Gasteiger partial charge in [-0.2, -0.15) is 0 Å². The molecule has 1 heterocycles. The molecule has 1 saturated carbocycles. The van der Waals surface area contributed by atoms with Gasteiger partial charge in [-0.1, -0.05) is 5.11 Å². The molecule has 6 nitrogen and oxygen atoms in total. The fraction of sp³-hybridized carbons (Fsp3) is 0.917. The fourth-order valence-electron chi connectivity index (χ4n) is 2.86. The number of aliphatic hydroxyl groups is 1. The quantitative estimate of drug-likeness (QED) is 0.486. The Labute approximate surface area is 117 Å². The number of aliphatic hydroxyl groups excluding tert-OH is 1. The van der Waals surface area contributed by atoms with E-state index in [4.69, 9.17) is 10.6 Å². The number of nitrogens with zero attached hydrogens (tertiary/aromatic N) is 4.